The van der Waals surface area contributed by atoms with Crippen molar-refractivity contribution >= 4 is 23.8 Å². The fraction of sp³-hybridized carbons (Fsp3) is 0.348. The molecule has 7 nitrogen and oxygen atoms in total. The third-order valence-electron chi connectivity index (χ3n) is 5.58. The zero-order valence-corrected chi connectivity index (χ0v) is 18.6. The first-order valence-corrected chi connectivity index (χ1v) is 10.9. The minimum Gasteiger partial charge on any atom is -0.495 e. The smallest absolute Gasteiger partial charge is 0.240 e. The monoisotopic (exact) mass is 437 g/mol. The molecule has 2 heterocycles. The van der Waals surface area contributed by atoms with Gasteiger partial charge in [0.1, 0.15) is 12.3 Å². The minimum atomic E-state index is -0.0715. The maximum Gasteiger partial charge on any atom is 0.240 e. The molecular formula is C23H27N5O2S. The predicted molar refractivity (Wildman–Crippen MR) is 124 cm³/mol. The summed E-state index contributed by atoms with van der Waals surface area (Å²) in [5.41, 5.74) is 3.15. The Morgan fingerprint density at radius 2 is 2.03 bits per heavy atom. The fourth-order valence-electron chi connectivity index (χ4n) is 4.01. The molecule has 162 valence electrons. The summed E-state index contributed by atoms with van der Waals surface area (Å²) >= 11 is 5.37. The Hall–Kier alpha value is -3.13. The van der Waals surface area contributed by atoms with Gasteiger partial charge < -0.3 is 15.0 Å². The molecule has 0 bridgehead atoms. The summed E-state index contributed by atoms with van der Waals surface area (Å²) in [5, 5.41) is 10.3. The van der Waals surface area contributed by atoms with Gasteiger partial charge >= 0.3 is 0 Å². The average Bonchev–Trinajstić information content (AvgIpc) is 3.14. The van der Waals surface area contributed by atoms with E-state index in [0.29, 0.717) is 10.6 Å². The number of carbonyl (C=O) groups is 1. The molecule has 1 saturated heterocycles. The lowest BCUT2D eigenvalue weighted by atomic mass is 10.0. The van der Waals surface area contributed by atoms with Crippen molar-refractivity contribution in [3.05, 3.63) is 58.9 Å². The summed E-state index contributed by atoms with van der Waals surface area (Å²) < 4.78 is 7.69. The SMILES string of the molecule is COc1ccccc1N1CCCC(NC(=O)Cn2c(-c3ccc(C)cc3)n[nH]c2=S)C1. The molecule has 1 atom stereocenters. The molecule has 1 aliphatic rings. The Morgan fingerprint density at radius 1 is 1.26 bits per heavy atom. The maximum atomic E-state index is 12.9. The summed E-state index contributed by atoms with van der Waals surface area (Å²) in [6, 6.07) is 16.1. The number of piperidine rings is 1. The van der Waals surface area contributed by atoms with E-state index in [-0.39, 0.29) is 18.5 Å². The second-order valence-corrected chi connectivity index (χ2v) is 8.22. The van der Waals surface area contributed by atoms with Crippen molar-refractivity contribution in [2.45, 2.75) is 32.4 Å². The molecule has 1 amide bonds. The van der Waals surface area contributed by atoms with Crippen molar-refractivity contribution in [1.82, 2.24) is 20.1 Å². The highest BCUT2D eigenvalue weighted by Gasteiger charge is 2.24. The van der Waals surface area contributed by atoms with Gasteiger partial charge in [0, 0.05) is 24.7 Å². The normalized spacial score (nSPS) is 16.2. The molecule has 1 aromatic heterocycles. The van der Waals surface area contributed by atoms with E-state index in [1.54, 1.807) is 11.7 Å². The number of aryl methyl sites for hydroxylation is 1. The van der Waals surface area contributed by atoms with Crippen LogP contribution in [0.25, 0.3) is 11.4 Å². The first-order valence-electron chi connectivity index (χ1n) is 10.4. The van der Waals surface area contributed by atoms with E-state index in [2.05, 4.69) is 26.5 Å². The number of methoxy groups -OCH3 is 1. The maximum absolute atomic E-state index is 12.9. The van der Waals surface area contributed by atoms with Gasteiger partial charge in [0.15, 0.2) is 10.6 Å². The van der Waals surface area contributed by atoms with Gasteiger partial charge in [0.25, 0.3) is 0 Å². The number of para-hydroxylation sites is 2. The third-order valence-corrected chi connectivity index (χ3v) is 5.89. The van der Waals surface area contributed by atoms with Gasteiger partial charge in [-0.2, -0.15) is 5.10 Å². The molecule has 1 unspecified atom stereocenters. The van der Waals surface area contributed by atoms with Gasteiger partial charge in [-0.25, -0.2) is 0 Å². The van der Waals surface area contributed by atoms with Crippen LogP contribution in [0.1, 0.15) is 18.4 Å². The highest BCUT2D eigenvalue weighted by Crippen LogP contribution is 2.30. The molecule has 2 N–H and O–H groups in total. The van der Waals surface area contributed by atoms with Gasteiger partial charge in [-0.1, -0.05) is 42.0 Å². The van der Waals surface area contributed by atoms with Crippen molar-refractivity contribution in [3.8, 4) is 17.1 Å². The van der Waals surface area contributed by atoms with Gasteiger partial charge in [0.2, 0.25) is 5.91 Å². The zero-order valence-electron chi connectivity index (χ0n) is 17.8. The van der Waals surface area contributed by atoms with E-state index in [0.717, 1.165) is 42.9 Å². The van der Waals surface area contributed by atoms with Crippen LogP contribution in [0.5, 0.6) is 5.75 Å². The topological polar surface area (TPSA) is 75.2 Å². The molecule has 2 aromatic carbocycles. The third kappa shape index (κ3) is 4.80. The van der Waals surface area contributed by atoms with Crippen molar-refractivity contribution in [2.24, 2.45) is 0 Å². The first kappa shape index (κ1) is 21.1. The molecular weight excluding hydrogens is 410 g/mol. The number of carbonyl (C=O) groups excluding carboxylic acids is 1. The summed E-state index contributed by atoms with van der Waals surface area (Å²) in [6.07, 6.45) is 1.95. The minimum absolute atomic E-state index is 0.0649. The summed E-state index contributed by atoms with van der Waals surface area (Å²) in [5.74, 6) is 1.44. The average molecular weight is 438 g/mol. The standard InChI is InChI=1S/C23H27N5O2S/c1-16-9-11-17(12-10-16)22-25-26-23(31)28(22)15-21(29)24-18-6-5-13-27(14-18)19-7-3-4-8-20(19)30-2/h3-4,7-12,18H,5-6,13-15H2,1-2H3,(H,24,29)(H,26,31). The summed E-state index contributed by atoms with van der Waals surface area (Å²) in [7, 11) is 1.68. The largest absolute Gasteiger partial charge is 0.495 e. The highest BCUT2D eigenvalue weighted by molar-refractivity contribution is 7.71. The number of nitrogens with one attached hydrogen (secondary N) is 2. The number of nitrogens with zero attached hydrogens (tertiary/aromatic N) is 3. The lowest BCUT2D eigenvalue weighted by molar-refractivity contribution is -0.122. The molecule has 0 aliphatic carbocycles. The number of hydrogen-bond acceptors (Lipinski definition) is 5. The van der Waals surface area contributed by atoms with Crippen molar-refractivity contribution in [3.63, 3.8) is 0 Å². The van der Waals surface area contributed by atoms with Crippen LogP contribution in [-0.4, -0.2) is 46.9 Å². The number of aromatic amines is 1. The first-order chi connectivity index (χ1) is 15.0. The number of aromatic nitrogens is 3. The van der Waals surface area contributed by atoms with Crippen LogP contribution in [0.4, 0.5) is 5.69 Å². The fourth-order valence-corrected chi connectivity index (χ4v) is 4.21. The summed E-state index contributed by atoms with van der Waals surface area (Å²) in [4.78, 5) is 15.1. The van der Waals surface area contributed by atoms with Crippen LogP contribution >= 0.6 is 12.2 Å². The molecule has 1 aliphatic heterocycles. The zero-order chi connectivity index (χ0) is 21.8. The predicted octanol–water partition coefficient (Wildman–Crippen LogP) is 3.71. The van der Waals surface area contributed by atoms with Crippen LogP contribution in [-0.2, 0) is 11.3 Å². The number of amides is 1. The summed E-state index contributed by atoms with van der Waals surface area (Å²) in [6.45, 7) is 3.85. The van der Waals surface area contributed by atoms with E-state index in [1.807, 2.05) is 49.4 Å². The second kappa shape index (κ2) is 9.34. The molecule has 8 heteroatoms. The lowest BCUT2D eigenvalue weighted by Gasteiger charge is -2.35. The number of H-pyrrole nitrogens is 1. The Labute approximate surface area is 187 Å². The van der Waals surface area contributed by atoms with E-state index in [4.69, 9.17) is 17.0 Å². The van der Waals surface area contributed by atoms with Crippen LogP contribution in [0.2, 0.25) is 0 Å². The molecule has 4 rings (SSSR count). The van der Waals surface area contributed by atoms with E-state index in [1.165, 1.54) is 5.56 Å². The van der Waals surface area contributed by atoms with Crippen molar-refractivity contribution in [1.29, 1.82) is 0 Å². The van der Waals surface area contributed by atoms with E-state index in [9.17, 15) is 4.79 Å². The van der Waals surface area contributed by atoms with Crippen molar-refractivity contribution < 1.29 is 9.53 Å². The number of rotatable bonds is 6. The Morgan fingerprint density at radius 3 is 2.81 bits per heavy atom. The molecule has 31 heavy (non-hydrogen) atoms. The number of anilines is 1. The van der Waals surface area contributed by atoms with E-state index >= 15 is 0 Å². The molecule has 0 saturated carbocycles. The van der Waals surface area contributed by atoms with Crippen molar-refractivity contribution in [2.75, 3.05) is 25.1 Å². The van der Waals surface area contributed by atoms with Crippen LogP contribution in [0, 0.1) is 11.7 Å². The van der Waals surface area contributed by atoms with Gasteiger partial charge in [-0.3, -0.25) is 14.5 Å². The Kier molecular flexibility index (Phi) is 6.36. The van der Waals surface area contributed by atoms with Crippen LogP contribution < -0.4 is 15.0 Å². The number of hydrogen-bond donors (Lipinski definition) is 2. The molecule has 1 fully saturated rings. The highest BCUT2D eigenvalue weighted by atomic mass is 32.1. The second-order valence-electron chi connectivity index (χ2n) is 7.83. The van der Waals surface area contributed by atoms with Crippen LogP contribution in [0.3, 0.4) is 0 Å². The van der Waals surface area contributed by atoms with E-state index < -0.39 is 0 Å². The quantitative estimate of drug-likeness (QED) is 0.575. The Balaban J connectivity index is 1.44. The molecule has 3 aromatic rings. The van der Waals surface area contributed by atoms with Crippen LogP contribution in [0.15, 0.2) is 48.5 Å². The number of ether oxygens (including phenoxy) is 1. The molecule has 0 spiro atoms. The number of benzene rings is 2. The van der Waals surface area contributed by atoms with Gasteiger partial charge in [-0.05, 0) is 44.1 Å². The lowest BCUT2D eigenvalue weighted by Crippen LogP contribution is -2.48. The van der Waals surface area contributed by atoms with Gasteiger partial charge in [-0.15, -0.1) is 0 Å². The van der Waals surface area contributed by atoms with Gasteiger partial charge in [0.05, 0.1) is 12.8 Å². The molecule has 0 radical (unpaired) electrons. The Bertz CT molecular complexity index is 1110.